The lowest BCUT2D eigenvalue weighted by Crippen LogP contribution is -2.50. The van der Waals surface area contributed by atoms with E-state index < -0.39 is 11.7 Å². The number of nitrogens with one attached hydrogen (secondary N) is 1. The molecule has 0 aromatic carbocycles. The summed E-state index contributed by atoms with van der Waals surface area (Å²) < 4.78 is 8.72. The van der Waals surface area contributed by atoms with Gasteiger partial charge in [-0.25, -0.2) is 4.68 Å². The lowest BCUT2D eigenvalue weighted by atomic mass is 9.79. The number of nitrogens with zero attached hydrogens (tertiary/aromatic N) is 5. The number of hydrogen-bond acceptors (Lipinski definition) is 8. The molecule has 2 aliphatic rings. The second kappa shape index (κ2) is 7.41. The molecule has 3 aromatic heterocycles. The molecule has 1 saturated heterocycles. The van der Waals surface area contributed by atoms with Crippen molar-refractivity contribution in [1.82, 2.24) is 30.3 Å². The quantitative estimate of drug-likeness (QED) is 0.656. The van der Waals surface area contributed by atoms with Crippen LogP contribution in [-0.4, -0.2) is 42.7 Å². The van der Waals surface area contributed by atoms with Gasteiger partial charge >= 0.3 is 0 Å². The normalized spacial score (nSPS) is 29.1. The zero-order chi connectivity index (χ0) is 20.0. The zero-order valence-corrected chi connectivity index (χ0v) is 17.4. The maximum absolute atomic E-state index is 10.4. The Morgan fingerprint density at radius 3 is 3.14 bits per heavy atom. The molecule has 2 aliphatic heterocycles. The molecule has 8 nitrogen and oxygen atoms in total. The van der Waals surface area contributed by atoms with E-state index in [4.69, 9.17) is 16.3 Å². The van der Waals surface area contributed by atoms with Crippen LogP contribution in [0.4, 0.5) is 0 Å². The summed E-state index contributed by atoms with van der Waals surface area (Å²) in [5.41, 5.74) is 2.10. The Labute approximate surface area is 176 Å². The van der Waals surface area contributed by atoms with Crippen LogP contribution in [0.2, 0.25) is 4.34 Å². The summed E-state index contributed by atoms with van der Waals surface area (Å²) in [6, 6.07) is 2.07. The van der Waals surface area contributed by atoms with Crippen LogP contribution in [0.1, 0.15) is 53.7 Å². The minimum Gasteiger partial charge on any atom is -0.386 e. The molecular formula is C19H21ClN6O2S. The van der Waals surface area contributed by atoms with Crippen LogP contribution in [-0.2, 0) is 16.9 Å². The number of piperidine rings is 1. The number of aliphatic hydroxyl groups excluding tert-OH is 1. The Morgan fingerprint density at radius 1 is 1.41 bits per heavy atom. The molecule has 0 bridgehead atoms. The lowest BCUT2D eigenvalue weighted by Gasteiger charge is -2.46. The van der Waals surface area contributed by atoms with E-state index >= 15 is 0 Å². The molecule has 1 spiro atoms. The van der Waals surface area contributed by atoms with Gasteiger partial charge in [-0.2, -0.15) is 0 Å². The summed E-state index contributed by atoms with van der Waals surface area (Å²) in [5.74, 6) is 0. The van der Waals surface area contributed by atoms with Crippen LogP contribution in [0.15, 0.2) is 30.9 Å². The van der Waals surface area contributed by atoms with Crippen LogP contribution >= 0.6 is 22.9 Å². The highest BCUT2D eigenvalue weighted by atomic mass is 35.5. The Bertz CT molecular complexity index is 1010. The summed E-state index contributed by atoms with van der Waals surface area (Å²) in [6.45, 7) is 2.93. The molecule has 10 heteroatoms. The van der Waals surface area contributed by atoms with E-state index in [0.717, 1.165) is 28.2 Å². The Balaban J connectivity index is 1.42. The molecule has 0 radical (unpaired) electrons. The molecule has 1 fully saturated rings. The summed E-state index contributed by atoms with van der Waals surface area (Å²) in [5, 5.41) is 22.6. The first-order chi connectivity index (χ1) is 14.0. The van der Waals surface area contributed by atoms with Crippen LogP contribution in [0, 0.1) is 0 Å². The third-order valence-electron chi connectivity index (χ3n) is 5.53. The predicted molar refractivity (Wildman–Crippen MR) is 108 cm³/mol. The fourth-order valence-corrected chi connectivity index (χ4v) is 5.82. The minimum atomic E-state index is -0.629. The standard InChI is InChI=1S/C19H21ClN6O2S/c1-11-5-19(18-13(4-17(20)29-18)16(27)10-28-19)6-14(23-11)15-9-26(25-24-15)8-12-7-21-2-3-22-12/h2-4,7,9,11,14,16,23,27H,5-6,8,10H2,1H3/t11-,14-,16+,19-/m0/s1. The summed E-state index contributed by atoms with van der Waals surface area (Å²) in [6.07, 6.45) is 7.87. The number of fused-ring (bicyclic) bond motifs is 2. The summed E-state index contributed by atoms with van der Waals surface area (Å²) >= 11 is 7.79. The van der Waals surface area contributed by atoms with Gasteiger partial charge in [0.1, 0.15) is 11.7 Å². The molecule has 3 aromatic rings. The van der Waals surface area contributed by atoms with Crippen molar-refractivity contribution in [2.45, 2.75) is 50.1 Å². The number of ether oxygens (including phenoxy) is 1. The van der Waals surface area contributed by atoms with Crippen molar-refractivity contribution < 1.29 is 9.84 Å². The highest BCUT2D eigenvalue weighted by Gasteiger charge is 2.48. The number of halogens is 1. The van der Waals surface area contributed by atoms with Gasteiger partial charge in [0.2, 0.25) is 0 Å². The topological polar surface area (TPSA) is 98.0 Å². The number of thiophene rings is 1. The van der Waals surface area contributed by atoms with E-state index in [9.17, 15) is 5.11 Å². The molecule has 29 heavy (non-hydrogen) atoms. The number of aliphatic hydroxyl groups is 1. The number of hydrogen-bond donors (Lipinski definition) is 2. The first kappa shape index (κ1) is 19.1. The highest BCUT2D eigenvalue weighted by Crippen LogP contribution is 2.51. The van der Waals surface area contributed by atoms with Gasteiger partial charge in [-0.05, 0) is 19.4 Å². The Morgan fingerprint density at radius 2 is 2.31 bits per heavy atom. The predicted octanol–water partition coefficient (Wildman–Crippen LogP) is 2.60. The van der Waals surface area contributed by atoms with Gasteiger partial charge in [-0.3, -0.25) is 9.97 Å². The van der Waals surface area contributed by atoms with Gasteiger partial charge in [0.15, 0.2) is 0 Å². The monoisotopic (exact) mass is 432 g/mol. The van der Waals surface area contributed by atoms with Crippen LogP contribution in [0.5, 0.6) is 0 Å². The number of aromatic nitrogens is 5. The second-order valence-electron chi connectivity index (χ2n) is 7.72. The molecule has 0 aliphatic carbocycles. The first-order valence-electron chi connectivity index (χ1n) is 9.55. The van der Waals surface area contributed by atoms with Gasteiger partial charge in [0.05, 0.1) is 47.3 Å². The molecule has 0 unspecified atom stereocenters. The van der Waals surface area contributed by atoms with Crippen LogP contribution in [0.3, 0.4) is 0 Å². The fraction of sp³-hybridized carbons (Fsp3) is 0.474. The van der Waals surface area contributed by atoms with E-state index in [-0.39, 0.29) is 18.7 Å². The maximum atomic E-state index is 10.4. The smallest absolute Gasteiger partial charge is 0.106 e. The molecule has 0 saturated carbocycles. The Kier molecular flexibility index (Phi) is 4.87. The van der Waals surface area contributed by atoms with Crippen molar-refractivity contribution in [1.29, 1.82) is 0 Å². The lowest BCUT2D eigenvalue weighted by molar-refractivity contribution is -0.129. The van der Waals surface area contributed by atoms with Crippen molar-refractivity contribution in [3.63, 3.8) is 0 Å². The highest BCUT2D eigenvalue weighted by molar-refractivity contribution is 7.16. The van der Waals surface area contributed by atoms with Crippen molar-refractivity contribution in [3.05, 3.63) is 57.0 Å². The minimum absolute atomic E-state index is 0.0154. The third kappa shape index (κ3) is 3.57. The molecule has 0 amide bonds. The van der Waals surface area contributed by atoms with Gasteiger partial charge in [-0.1, -0.05) is 16.8 Å². The van der Waals surface area contributed by atoms with Crippen LogP contribution in [0.25, 0.3) is 0 Å². The van der Waals surface area contributed by atoms with Crippen molar-refractivity contribution >= 4 is 22.9 Å². The molecular weight excluding hydrogens is 412 g/mol. The number of rotatable bonds is 3. The Hall–Kier alpha value is -1.91. The summed E-state index contributed by atoms with van der Waals surface area (Å²) in [7, 11) is 0. The molecule has 4 atom stereocenters. The van der Waals surface area contributed by atoms with Gasteiger partial charge < -0.3 is 15.2 Å². The zero-order valence-electron chi connectivity index (χ0n) is 15.8. The SMILES string of the molecule is C[C@H]1C[C@@]2(C[C@@H](c3cn(Cc4cnccn4)nn3)N1)OC[C@@H](O)c1cc(Cl)sc12. The van der Waals surface area contributed by atoms with E-state index in [1.165, 1.54) is 11.3 Å². The molecule has 152 valence electrons. The largest absolute Gasteiger partial charge is 0.386 e. The summed E-state index contributed by atoms with van der Waals surface area (Å²) in [4.78, 5) is 9.41. The first-order valence-corrected chi connectivity index (χ1v) is 10.7. The van der Waals surface area contributed by atoms with Crippen LogP contribution < -0.4 is 5.32 Å². The van der Waals surface area contributed by atoms with E-state index in [1.54, 1.807) is 23.3 Å². The molecule has 5 rings (SSSR count). The van der Waals surface area contributed by atoms with Gasteiger partial charge in [-0.15, -0.1) is 16.4 Å². The third-order valence-corrected chi connectivity index (χ3v) is 7.00. The average molecular weight is 433 g/mol. The van der Waals surface area contributed by atoms with E-state index in [0.29, 0.717) is 17.3 Å². The van der Waals surface area contributed by atoms with E-state index in [1.807, 2.05) is 12.3 Å². The van der Waals surface area contributed by atoms with Gasteiger partial charge in [0, 0.05) is 35.3 Å². The average Bonchev–Trinajstić information content (AvgIpc) is 3.33. The van der Waals surface area contributed by atoms with Crippen molar-refractivity contribution in [3.8, 4) is 0 Å². The molecule has 2 N–H and O–H groups in total. The molecule has 5 heterocycles. The fourth-order valence-electron chi connectivity index (χ4n) is 4.36. The maximum Gasteiger partial charge on any atom is 0.106 e. The second-order valence-corrected chi connectivity index (χ2v) is 9.41. The van der Waals surface area contributed by atoms with Crippen molar-refractivity contribution in [2.75, 3.05) is 6.61 Å². The van der Waals surface area contributed by atoms with E-state index in [2.05, 4.69) is 32.5 Å². The van der Waals surface area contributed by atoms with Crippen molar-refractivity contribution in [2.24, 2.45) is 0 Å². The van der Waals surface area contributed by atoms with Gasteiger partial charge in [0.25, 0.3) is 0 Å².